The van der Waals surface area contributed by atoms with Crippen LogP contribution in [0.2, 0.25) is 0 Å². The predicted molar refractivity (Wildman–Crippen MR) is 114 cm³/mol. The highest BCUT2D eigenvalue weighted by molar-refractivity contribution is 7.90. The molecule has 8 heteroatoms. The Morgan fingerprint density at radius 1 is 1.00 bits per heavy atom. The van der Waals surface area contributed by atoms with Crippen LogP contribution in [0.15, 0.2) is 59.5 Å². The van der Waals surface area contributed by atoms with Crippen LogP contribution in [0, 0.1) is 5.82 Å². The average molecular weight is 449 g/mol. The van der Waals surface area contributed by atoms with E-state index in [9.17, 15) is 21.6 Å². The van der Waals surface area contributed by atoms with Gasteiger partial charge in [-0.2, -0.15) is 0 Å². The van der Waals surface area contributed by atoms with Crippen LogP contribution in [0.3, 0.4) is 0 Å². The highest BCUT2D eigenvalue weighted by Gasteiger charge is 2.22. The molecular weight excluding hydrogens is 427 g/mol. The van der Waals surface area contributed by atoms with Gasteiger partial charge in [0.15, 0.2) is 9.84 Å². The lowest BCUT2D eigenvalue weighted by Gasteiger charge is -2.16. The van der Waals surface area contributed by atoms with Crippen LogP contribution in [0.4, 0.5) is 13.2 Å². The summed E-state index contributed by atoms with van der Waals surface area (Å²) >= 11 is 0. The molecule has 31 heavy (non-hydrogen) atoms. The van der Waals surface area contributed by atoms with Gasteiger partial charge in [0, 0.05) is 17.4 Å². The van der Waals surface area contributed by atoms with E-state index in [2.05, 4.69) is 4.98 Å². The topological polar surface area (TPSA) is 56.3 Å². The summed E-state index contributed by atoms with van der Waals surface area (Å²) in [7, 11) is -3.41. The lowest BCUT2D eigenvalue weighted by Crippen LogP contribution is -2.05. The van der Waals surface area contributed by atoms with Crippen molar-refractivity contribution in [2.45, 2.75) is 31.1 Å². The number of aromatic nitrogens is 1. The van der Waals surface area contributed by atoms with Crippen molar-refractivity contribution >= 4 is 9.84 Å². The third kappa shape index (κ3) is 5.44. The number of hydrogen-bond acceptors (Lipinski definition) is 4. The Labute approximate surface area is 179 Å². The lowest BCUT2D eigenvalue weighted by molar-refractivity contribution is 0.143. The molecule has 0 fully saturated rings. The van der Waals surface area contributed by atoms with E-state index >= 15 is 0 Å². The van der Waals surface area contributed by atoms with Crippen LogP contribution in [0.1, 0.15) is 31.8 Å². The molecule has 164 valence electrons. The van der Waals surface area contributed by atoms with E-state index in [0.717, 1.165) is 12.7 Å². The Morgan fingerprint density at radius 2 is 1.61 bits per heavy atom. The van der Waals surface area contributed by atoms with E-state index in [-0.39, 0.29) is 22.9 Å². The van der Waals surface area contributed by atoms with Crippen molar-refractivity contribution in [2.75, 3.05) is 12.9 Å². The molecule has 0 saturated carbocycles. The molecule has 0 atom stereocenters. The zero-order valence-corrected chi connectivity index (χ0v) is 17.9. The second kappa shape index (κ2) is 9.51. The summed E-state index contributed by atoms with van der Waals surface area (Å²) in [4.78, 5) is 4.48. The van der Waals surface area contributed by atoms with Crippen molar-refractivity contribution in [1.29, 1.82) is 0 Å². The van der Waals surface area contributed by atoms with E-state index in [1.165, 1.54) is 54.6 Å². The first-order valence-corrected chi connectivity index (χ1v) is 11.6. The fourth-order valence-corrected chi connectivity index (χ4v) is 3.66. The maximum Gasteiger partial charge on any atom is 0.269 e. The number of rotatable bonds is 8. The zero-order valence-electron chi connectivity index (χ0n) is 17.1. The molecule has 1 aromatic heterocycles. The smallest absolute Gasteiger partial charge is 0.269 e. The van der Waals surface area contributed by atoms with Crippen molar-refractivity contribution in [3.63, 3.8) is 0 Å². The molecule has 0 spiro atoms. The standard InChI is InChI=1S/C23H22F3NO3S/c1-3-4-13-30-23-20(22(25)26)14-19(15-7-11-18(12-8-15)31(2,28)29)21(27-23)16-5-9-17(24)10-6-16/h5-12,14,22H,3-4,13H2,1-2H3. The van der Waals surface area contributed by atoms with Crippen molar-refractivity contribution in [2.24, 2.45) is 0 Å². The van der Waals surface area contributed by atoms with Gasteiger partial charge in [0.25, 0.3) is 6.43 Å². The molecule has 0 amide bonds. The lowest BCUT2D eigenvalue weighted by atomic mass is 9.97. The molecule has 0 N–H and O–H groups in total. The van der Waals surface area contributed by atoms with Crippen molar-refractivity contribution in [3.8, 4) is 28.3 Å². The predicted octanol–water partition coefficient (Wildman–Crippen LogP) is 6.07. The summed E-state index contributed by atoms with van der Waals surface area (Å²) in [5, 5.41) is 0. The van der Waals surface area contributed by atoms with E-state index in [4.69, 9.17) is 4.74 Å². The molecule has 0 saturated heterocycles. The number of sulfone groups is 1. The highest BCUT2D eigenvalue weighted by Crippen LogP contribution is 2.38. The molecule has 0 aliphatic carbocycles. The first-order chi connectivity index (χ1) is 14.7. The molecule has 0 aliphatic rings. The van der Waals surface area contributed by atoms with Gasteiger partial charge < -0.3 is 4.74 Å². The van der Waals surface area contributed by atoms with Gasteiger partial charge in [-0.3, -0.25) is 0 Å². The van der Waals surface area contributed by atoms with Crippen molar-refractivity contribution in [1.82, 2.24) is 4.98 Å². The largest absolute Gasteiger partial charge is 0.477 e. The van der Waals surface area contributed by atoms with Gasteiger partial charge in [0.05, 0.1) is 22.8 Å². The van der Waals surface area contributed by atoms with Crippen LogP contribution in [0.5, 0.6) is 5.88 Å². The molecule has 0 unspecified atom stereocenters. The van der Waals surface area contributed by atoms with Crippen LogP contribution < -0.4 is 4.74 Å². The second-order valence-corrected chi connectivity index (χ2v) is 9.10. The maximum absolute atomic E-state index is 13.8. The summed E-state index contributed by atoms with van der Waals surface area (Å²) in [6.45, 7) is 2.20. The van der Waals surface area contributed by atoms with Gasteiger partial charge in [-0.1, -0.05) is 25.5 Å². The molecule has 4 nitrogen and oxygen atoms in total. The Balaban J connectivity index is 2.19. The average Bonchev–Trinajstić information content (AvgIpc) is 2.73. The maximum atomic E-state index is 13.8. The summed E-state index contributed by atoms with van der Waals surface area (Å²) in [5.41, 5.74) is 1.36. The summed E-state index contributed by atoms with van der Waals surface area (Å²) in [6.07, 6.45) is -0.213. The fourth-order valence-electron chi connectivity index (χ4n) is 3.03. The Hall–Kier alpha value is -2.87. The first kappa shape index (κ1) is 22.8. The minimum Gasteiger partial charge on any atom is -0.477 e. The third-order valence-electron chi connectivity index (χ3n) is 4.70. The van der Waals surface area contributed by atoms with Crippen molar-refractivity contribution < 1.29 is 26.3 Å². The van der Waals surface area contributed by atoms with Crippen LogP contribution in [-0.2, 0) is 9.84 Å². The number of halogens is 3. The Bertz CT molecular complexity index is 1150. The normalized spacial score (nSPS) is 11.7. The van der Waals surface area contributed by atoms with Crippen molar-refractivity contribution in [3.05, 3.63) is 66.0 Å². The summed E-state index contributed by atoms with van der Waals surface area (Å²) in [5.74, 6) is -0.606. The van der Waals surface area contributed by atoms with E-state index < -0.39 is 22.1 Å². The molecule has 3 aromatic rings. The van der Waals surface area contributed by atoms with Gasteiger partial charge in [-0.05, 0) is 54.4 Å². The van der Waals surface area contributed by atoms with Crippen LogP contribution in [0.25, 0.3) is 22.4 Å². The van der Waals surface area contributed by atoms with Gasteiger partial charge in [0.1, 0.15) is 5.82 Å². The fraction of sp³-hybridized carbons (Fsp3) is 0.261. The molecule has 1 heterocycles. The van der Waals surface area contributed by atoms with Gasteiger partial charge in [0.2, 0.25) is 5.88 Å². The molecule has 2 aromatic carbocycles. The van der Waals surface area contributed by atoms with E-state index in [0.29, 0.717) is 28.8 Å². The third-order valence-corrected chi connectivity index (χ3v) is 5.83. The van der Waals surface area contributed by atoms with Gasteiger partial charge >= 0.3 is 0 Å². The van der Waals surface area contributed by atoms with Crippen LogP contribution in [-0.4, -0.2) is 26.3 Å². The number of unbranched alkanes of at least 4 members (excludes halogenated alkanes) is 1. The first-order valence-electron chi connectivity index (χ1n) is 9.73. The number of pyridine rings is 1. The number of ether oxygens (including phenoxy) is 1. The van der Waals surface area contributed by atoms with E-state index in [1.807, 2.05) is 6.92 Å². The van der Waals surface area contributed by atoms with E-state index in [1.54, 1.807) is 0 Å². The number of hydrogen-bond donors (Lipinski definition) is 0. The SMILES string of the molecule is CCCCOc1nc(-c2ccc(F)cc2)c(-c2ccc(S(C)(=O)=O)cc2)cc1C(F)F. The minimum atomic E-state index is -3.41. The second-order valence-electron chi connectivity index (χ2n) is 7.09. The van der Waals surface area contributed by atoms with Crippen LogP contribution >= 0.6 is 0 Å². The number of benzene rings is 2. The summed E-state index contributed by atoms with van der Waals surface area (Å²) in [6, 6.07) is 12.7. The molecule has 0 aliphatic heterocycles. The molecule has 0 radical (unpaired) electrons. The zero-order chi connectivity index (χ0) is 22.6. The monoisotopic (exact) mass is 449 g/mol. The Morgan fingerprint density at radius 3 is 2.16 bits per heavy atom. The molecule has 3 rings (SSSR count). The highest BCUT2D eigenvalue weighted by atomic mass is 32.2. The number of nitrogens with zero attached hydrogens (tertiary/aromatic N) is 1. The Kier molecular flexibility index (Phi) is 7.00. The summed E-state index contributed by atoms with van der Waals surface area (Å²) < 4.78 is 70.1. The van der Waals surface area contributed by atoms with Gasteiger partial charge in [-0.25, -0.2) is 26.6 Å². The quantitative estimate of drug-likeness (QED) is 0.392. The van der Waals surface area contributed by atoms with Gasteiger partial charge in [-0.15, -0.1) is 0 Å². The molecule has 0 bridgehead atoms. The number of alkyl halides is 2. The molecular formula is C23H22F3NO3S. The minimum absolute atomic E-state index is 0.112.